The zero-order chi connectivity index (χ0) is 32.9. The quantitative estimate of drug-likeness (QED) is 0.257. The average molecular weight is 652 g/mol. The van der Waals surface area contributed by atoms with E-state index < -0.39 is 35.6 Å². The fourth-order valence-electron chi connectivity index (χ4n) is 6.57. The Morgan fingerprint density at radius 2 is 1.78 bits per heavy atom. The second-order valence-corrected chi connectivity index (χ2v) is 13.4. The van der Waals surface area contributed by atoms with Gasteiger partial charge in [0, 0.05) is 32.1 Å². The number of likely N-dealkylation sites (N-methyl/N-ethyl adjacent to an activating group) is 2. The molecule has 2 aliphatic heterocycles. The number of piperazine rings is 1. The number of halogens is 1. The van der Waals surface area contributed by atoms with Gasteiger partial charge in [-0.15, -0.1) is 0 Å². The summed E-state index contributed by atoms with van der Waals surface area (Å²) in [6, 6.07) is 3.88. The molecule has 0 spiro atoms. The summed E-state index contributed by atoms with van der Waals surface area (Å²) >= 11 is 6.01. The molecule has 0 bridgehead atoms. The van der Waals surface area contributed by atoms with Gasteiger partial charge in [0.05, 0.1) is 12.0 Å². The first-order valence-corrected chi connectivity index (χ1v) is 16.3. The number of ether oxygens (including phenoxy) is 3. The lowest BCUT2D eigenvalue weighted by molar-refractivity contribution is -0.176. The summed E-state index contributed by atoms with van der Waals surface area (Å²) in [5.74, 6) is -0.199. The monoisotopic (exact) mass is 651 g/mol. The number of nitrogens with zero attached hydrogens (tertiary/aromatic N) is 2. The zero-order valence-corrected chi connectivity index (χ0v) is 28.2. The average Bonchev–Trinajstić information content (AvgIpc) is 3.55. The van der Waals surface area contributed by atoms with Crippen molar-refractivity contribution in [2.45, 2.75) is 89.9 Å². The number of carbonyl (C=O) groups excluding carboxylic acids is 2. The van der Waals surface area contributed by atoms with Crippen LogP contribution in [0.25, 0.3) is 0 Å². The number of nitrogens with one attached hydrogen (secondary N) is 1. The molecule has 45 heavy (non-hydrogen) atoms. The van der Waals surface area contributed by atoms with E-state index in [-0.39, 0.29) is 25.0 Å². The predicted molar refractivity (Wildman–Crippen MR) is 170 cm³/mol. The third kappa shape index (κ3) is 8.24. The van der Waals surface area contributed by atoms with Crippen LogP contribution < -0.4 is 14.8 Å². The SMILES string of the molecule is CCN1CCN(C(=O)CC(O)(CCCC(C)(C)O)C(=O)OC2C(OCl)=C(C)C(C)C2c2cc3c(cc2CCNC)OCO3)CC1. The van der Waals surface area contributed by atoms with Crippen LogP contribution >= 0.6 is 11.9 Å². The van der Waals surface area contributed by atoms with Crippen LogP contribution in [-0.2, 0) is 25.0 Å². The van der Waals surface area contributed by atoms with E-state index in [9.17, 15) is 19.8 Å². The molecule has 0 radical (unpaired) electrons. The molecular weight excluding hydrogens is 602 g/mol. The summed E-state index contributed by atoms with van der Waals surface area (Å²) < 4.78 is 22.9. The van der Waals surface area contributed by atoms with Gasteiger partial charge < -0.3 is 43.8 Å². The standard InChI is InChI=1S/C33H50ClN3O8/c1-7-36-13-15-37(16-14-36)27(38)19-33(41,11-8-10-32(4,5)40)31(39)44-30-28(21(2)22(3)29(30)45-34)24-18-26-25(42-20-43-26)17-23(24)9-12-35-6/h17-18,21,28,30,35,40-41H,7-16,19-20H2,1-6H3. The summed E-state index contributed by atoms with van der Waals surface area (Å²) in [4.78, 5) is 31.5. The van der Waals surface area contributed by atoms with Gasteiger partial charge >= 0.3 is 5.97 Å². The second-order valence-electron chi connectivity index (χ2n) is 13.2. The van der Waals surface area contributed by atoms with E-state index in [2.05, 4.69) is 17.1 Å². The van der Waals surface area contributed by atoms with Gasteiger partial charge in [-0.05, 0) is 101 Å². The van der Waals surface area contributed by atoms with Crippen molar-refractivity contribution in [3.63, 3.8) is 0 Å². The van der Waals surface area contributed by atoms with Crippen molar-refractivity contribution in [3.8, 4) is 11.5 Å². The molecule has 3 aliphatic rings. The molecular formula is C33H50ClN3O8. The smallest absolute Gasteiger partial charge is 0.339 e. The van der Waals surface area contributed by atoms with Crippen LogP contribution in [0.4, 0.5) is 0 Å². The first kappa shape index (κ1) is 35.3. The molecule has 4 rings (SSSR count). The molecule has 4 atom stereocenters. The van der Waals surface area contributed by atoms with Gasteiger partial charge in [-0.1, -0.05) is 13.8 Å². The van der Waals surface area contributed by atoms with Crippen LogP contribution in [0.2, 0.25) is 0 Å². The highest BCUT2D eigenvalue weighted by atomic mass is 35.5. The van der Waals surface area contributed by atoms with Gasteiger partial charge in [0.15, 0.2) is 29.0 Å². The topological polar surface area (TPSA) is 130 Å². The van der Waals surface area contributed by atoms with E-state index >= 15 is 0 Å². The maximum atomic E-state index is 14.1. The number of hydrogen-bond acceptors (Lipinski definition) is 10. The van der Waals surface area contributed by atoms with Crippen molar-refractivity contribution in [3.05, 3.63) is 34.6 Å². The highest BCUT2D eigenvalue weighted by Crippen LogP contribution is 2.49. The minimum Gasteiger partial charge on any atom is -0.454 e. The molecule has 1 fully saturated rings. The normalized spacial score (nSPS) is 23.3. The number of carbonyl (C=O) groups is 2. The van der Waals surface area contributed by atoms with Crippen LogP contribution in [0.5, 0.6) is 11.5 Å². The van der Waals surface area contributed by atoms with E-state index in [1.54, 1.807) is 18.7 Å². The largest absolute Gasteiger partial charge is 0.454 e. The number of rotatable bonds is 14. The van der Waals surface area contributed by atoms with Crippen molar-refractivity contribution >= 4 is 23.7 Å². The molecule has 0 saturated carbocycles. The van der Waals surface area contributed by atoms with Gasteiger partial charge in [-0.2, -0.15) is 0 Å². The van der Waals surface area contributed by atoms with Crippen LogP contribution in [0, 0.1) is 5.92 Å². The van der Waals surface area contributed by atoms with Crippen molar-refractivity contribution < 1.29 is 38.3 Å². The molecule has 3 N–H and O–H groups in total. The summed E-state index contributed by atoms with van der Waals surface area (Å²) in [6.07, 6.45) is -0.114. The van der Waals surface area contributed by atoms with E-state index in [0.29, 0.717) is 56.2 Å². The first-order valence-electron chi connectivity index (χ1n) is 16.0. The summed E-state index contributed by atoms with van der Waals surface area (Å²) in [5.41, 5.74) is -0.397. The molecule has 1 aromatic rings. The maximum Gasteiger partial charge on any atom is 0.339 e. The molecule has 1 saturated heterocycles. The molecule has 12 heteroatoms. The Labute approximate surface area is 271 Å². The fraction of sp³-hybridized carbons (Fsp3) is 0.697. The van der Waals surface area contributed by atoms with Crippen molar-refractivity contribution in [1.29, 1.82) is 0 Å². The number of aliphatic hydroxyl groups is 2. The Hall–Kier alpha value is -2.57. The Kier molecular flexibility index (Phi) is 11.7. The third-order valence-corrected chi connectivity index (χ3v) is 9.69. The van der Waals surface area contributed by atoms with Crippen LogP contribution in [0.3, 0.4) is 0 Å². The predicted octanol–water partition coefficient (Wildman–Crippen LogP) is 3.49. The zero-order valence-electron chi connectivity index (χ0n) is 27.5. The number of benzene rings is 1. The molecule has 2 heterocycles. The Morgan fingerprint density at radius 1 is 1.11 bits per heavy atom. The van der Waals surface area contributed by atoms with E-state index in [4.69, 9.17) is 30.4 Å². The van der Waals surface area contributed by atoms with Gasteiger partial charge in [-0.3, -0.25) is 4.79 Å². The highest BCUT2D eigenvalue weighted by molar-refractivity contribution is 6.08. The Bertz CT molecular complexity index is 1240. The number of hydrogen-bond donors (Lipinski definition) is 3. The van der Waals surface area contributed by atoms with E-state index in [0.717, 1.165) is 36.3 Å². The van der Waals surface area contributed by atoms with Crippen molar-refractivity contribution in [1.82, 2.24) is 15.1 Å². The van der Waals surface area contributed by atoms with Gasteiger partial charge in [0.25, 0.3) is 0 Å². The second kappa shape index (κ2) is 14.9. The lowest BCUT2D eigenvalue weighted by atomic mass is 9.82. The molecule has 1 aliphatic carbocycles. The van der Waals surface area contributed by atoms with Crippen molar-refractivity contribution in [2.75, 3.05) is 53.1 Å². The number of esters is 1. The Morgan fingerprint density at radius 3 is 2.38 bits per heavy atom. The summed E-state index contributed by atoms with van der Waals surface area (Å²) in [6.45, 7) is 13.6. The minimum absolute atomic E-state index is 0.0549. The molecule has 0 aromatic heterocycles. The maximum absolute atomic E-state index is 14.1. The van der Waals surface area contributed by atoms with E-state index in [1.165, 1.54) is 0 Å². The number of amides is 1. The van der Waals surface area contributed by atoms with Gasteiger partial charge in [0.1, 0.15) is 11.9 Å². The molecule has 252 valence electrons. The lowest BCUT2D eigenvalue weighted by Crippen LogP contribution is -2.52. The Balaban J connectivity index is 1.64. The number of fused-ring (bicyclic) bond motifs is 1. The molecule has 11 nitrogen and oxygen atoms in total. The third-order valence-electron chi connectivity index (χ3n) is 9.52. The van der Waals surface area contributed by atoms with Gasteiger partial charge in [-0.25, -0.2) is 4.79 Å². The molecule has 1 aromatic carbocycles. The van der Waals surface area contributed by atoms with E-state index in [1.807, 2.05) is 33.0 Å². The van der Waals surface area contributed by atoms with Gasteiger partial charge in [0.2, 0.25) is 12.7 Å². The molecule has 1 amide bonds. The minimum atomic E-state index is -2.12. The number of allylic oxidation sites excluding steroid dienone is 1. The highest BCUT2D eigenvalue weighted by Gasteiger charge is 2.49. The fourth-order valence-corrected chi connectivity index (χ4v) is 6.78. The van der Waals surface area contributed by atoms with Crippen LogP contribution in [0.1, 0.15) is 77.3 Å². The lowest BCUT2D eigenvalue weighted by Gasteiger charge is -2.36. The van der Waals surface area contributed by atoms with Crippen molar-refractivity contribution in [2.24, 2.45) is 5.92 Å². The van der Waals surface area contributed by atoms with Crippen LogP contribution in [-0.4, -0.2) is 102 Å². The summed E-state index contributed by atoms with van der Waals surface area (Å²) in [5, 5.41) is 25.4. The molecule has 4 unspecified atom stereocenters. The first-order chi connectivity index (χ1) is 21.3. The summed E-state index contributed by atoms with van der Waals surface area (Å²) in [7, 11) is 1.88. The van der Waals surface area contributed by atoms with Crippen LogP contribution in [0.15, 0.2) is 23.5 Å².